The SMILES string of the molecule is CCCNCc1ccc(OC2CCCCC2)c([N+](=O)[O-])c1. The molecular formula is C16H24N2O3. The summed E-state index contributed by atoms with van der Waals surface area (Å²) in [6.07, 6.45) is 6.71. The number of nitrogens with zero attached hydrogens (tertiary/aromatic N) is 1. The van der Waals surface area contributed by atoms with Crippen molar-refractivity contribution < 1.29 is 9.66 Å². The molecule has 21 heavy (non-hydrogen) atoms. The van der Waals surface area contributed by atoms with Crippen LogP contribution in [-0.4, -0.2) is 17.6 Å². The smallest absolute Gasteiger partial charge is 0.311 e. The van der Waals surface area contributed by atoms with Crippen LogP contribution in [0.3, 0.4) is 0 Å². The van der Waals surface area contributed by atoms with Crippen LogP contribution < -0.4 is 10.1 Å². The van der Waals surface area contributed by atoms with E-state index in [1.54, 1.807) is 12.1 Å². The molecule has 1 aliphatic rings. The van der Waals surface area contributed by atoms with E-state index in [1.807, 2.05) is 6.07 Å². The summed E-state index contributed by atoms with van der Waals surface area (Å²) in [7, 11) is 0. The van der Waals surface area contributed by atoms with Gasteiger partial charge in [0.25, 0.3) is 0 Å². The molecule has 5 heteroatoms. The summed E-state index contributed by atoms with van der Waals surface area (Å²) in [6, 6.07) is 5.28. The lowest BCUT2D eigenvalue weighted by atomic mass is 9.98. The molecule has 116 valence electrons. The highest BCUT2D eigenvalue weighted by Gasteiger charge is 2.21. The Bertz CT molecular complexity index is 471. The number of ether oxygens (including phenoxy) is 1. The number of hydrogen-bond donors (Lipinski definition) is 1. The highest BCUT2D eigenvalue weighted by molar-refractivity contribution is 5.48. The van der Waals surface area contributed by atoms with Gasteiger partial charge < -0.3 is 10.1 Å². The Kier molecular flexibility index (Phi) is 5.99. The van der Waals surface area contributed by atoms with Crippen molar-refractivity contribution in [2.75, 3.05) is 6.54 Å². The van der Waals surface area contributed by atoms with Crippen molar-refractivity contribution in [2.45, 2.75) is 58.1 Å². The van der Waals surface area contributed by atoms with Crippen LogP contribution in [0.1, 0.15) is 51.0 Å². The molecule has 2 rings (SSSR count). The summed E-state index contributed by atoms with van der Waals surface area (Å²) >= 11 is 0. The van der Waals surface area contributed by atoms with Gasteiger partial charge in [0.05, 0.1) is 11.0 Å². The predicted molar refractivity (Wildman–Crippen MR) is 82.6 cm³/mol. The zero-order valence-electron chi connectivity index (χ0n) is 12.6. The van der Waals surface area contributed by atoms with Crippen molar-refractivity contribution >= 4 is 5.69 Å². The maximum atomic E-state index is 11.3. The van der Waals surface area contributed by atoms with Crippen molar-refractivity contribution in [2.24, 2.45) is 0 Å². The number of nitrogens with one attached hydrogen (secondary N) is 1. The molecular weight excluding hydrogens is 268 g/mol. The minimum atomic E-state index is -0.346. The van der Waals surface area contributed by atoms with Crippen molar-refractivity contribution in [1.29, 1.82) is 0 Å². The lowest BCUT2D eigenvalue weighted by Crippen LogP contribution is -2.20. The summed E-state index contributed by atoms with van der Waals surface area (Å²) in [4.78, 5) is 10.9. The van der Waals surface area contributed by atoms with Gasteiger partial charge in [-0.15, -0.1) is 0 Å². The first kappa shape index (κ1) is 15.8. The highest BCUT2D eigenvalue weighted by atomic mass is 16.6. The molecule has 1 aromatic carbocycles. The molecule has 0 aliphatic heterocycles. The lowest BCUT2D eigenvalue weighted by Gasteiger charge is -2.22. The molecule has 0 amide bonds. The Morgan fingerprint density at radius 1 is 1.33 bits per heavy atom. The Balaban J connectivity index is 2.07. The van der Waals surface area contributed by atoms with Crippen molar-refractivity contribution in [1.82, 2.24) is 5.32 Å². The topological polar surface area (TPSA) is 64.4 Å². The quantitative estimate of drug-likeness (QED) is 0.471. The first-order valence-corrected chi connectivity index (χ1v) is 7.85. The van der Waals surface area contributed by atoms with Gasteiger partial charge in [0.1, 0.15) is 0 Å². The van der Waals surface area contributed by atoms with Crippen LogP contribution in [0.5, 0.6) is 5.75 Å². The standard InChI is InChI=1S/C16H24N2O3/c1-2-10-17-12-13-8-9-16(15(11-13)18(19)20)21-14-6-4-3-5-7-14/h8-9,11,14,17H,2-7,10,12H2,1H3. The molecule has 0 aromatic heterocycles. The highest BCUT2D eigenvalue weighted by Crippen LogP contribution is 2.31. The van der Waals surface area contributed by atoms with E-state index >= 15 is 0 Å². The van der Waals surface area contributed by atoms with Gasteiger partial charge in [0.2, 0.25) is 0 Å². The first-order valence-electron chi connectivity index (χ1n) is 7.85. The van der Waals surface area contributed by atoms with E-state index in [2.05, 4.69) is 12.2 Å². The Hall–Kier alpha value is -1.62. The van der Waals surface area contributed by atoms with Gasteiger partial charge >= 0.3 is 5.69 Å². The van der Waals surface area contributed by atoms with E-state index in [-0.39, 0.29) is 16.7 Å². The van der Waals surface area contributed by atoms with Crippen molar-refractivity contribution in [3.8, 4) is 5.75 Å². The molecule has 0 spiro atoms. The second-order valence-corrected chi connectivity index (χ2v) is 5.61. The minimum Gasteiger partial charge on any atom is -0.484 e. The largest absolute Gasteiger partial charge is 0.484 e. The second-order valence-electron chi connectivity index (χ2n) is 5.61. The monoisotopic (exact) mass is 292 g/mol. The molecule has 1 saturated carbocycles. The number of nitro benzene ring substituents is 1. The van der Waals surface area contributed by atoms with E-state index in [0.717, 1.165) is 44.2 Å². The summed E-state index contributed by atoms with van der Waals surface area (Å²) < 4.78 is 5.87. The minimum absolute atomic E-state index is 0.0800. The second kappa shape index (κ2) is 7.98. The molecule has 0 atom stereocenters. The van der Waals surface area contributed by atoms with Gasteiger partial charge in [0, 0.05) is 12.6 Å². The van der Waals surface area contributed by atoms with Crippen LogP contribution >= 0.6 is 0 Å². The fraction of sp³-hybridized carbons (Fsp3) is 0.625. The van der Waals surface area contributed by atoms with Crippen molar-refractivity contribution in [3.63, 3.8) is 0 Å². The Morgan fingerprint density at radius 2 is 2.10 bits per heavy atom. The van der Waals surface area contributed by atoms with Gasteiger partial charge in [-0.3, -0.25) is 10.1 Å². The molecule has 0 saturated heterocycles. The average Bonchev–Trinajstić information content (AvgIpc) is 2.50. The van der Waals surface area contributed by atoms with Crippen LogP contribution in [0.15, 0.2) is 18.2 Å². The van der Waals surface area contributed by atoms with E-state index in [1.165, 1.54) is 6.42 Å². The number of nitro groups is 1. The predicted octanol–water partition coefficient (Wildman–Crippen LogP) is 3.81. The van der Waals surface area contributed by atoms with Crippen LogP contribution in [0.2, 0.25) is 0 Å². The first-order chi connectivity index (χ1) is 10.2. The third kappa shape index (κ3) is 4.70. The molecule has 0 bridgehead atoms. The van der Waals surface area contributed by atoms with Crippen LogP contribution in [0.25, 0.3) is 0 Å². The van der Waals surface area contributed by atoms with Gasteiger partial charge in [-0.2, -0.15) is 0 Å². The van der Waals surface area contributed by atoms with Gasteiger partial charge in [-0.1, -0.05) is 19.4 Å². The molecule has 5 nitrogen and oxygen atoms in total. The fourth-order valence-electron chi connectivity index (χ4n) is 2.69. The number of rotatable bonds is 7. The molecule has 1 aliphatic carbocycles. The van der Waals surface area contributed by atoms with E-state index in [4.69, 9.17) is 4.74 Å². The maximum absolute atomic E-state index is 11.3. The van der Waals surface area contributed by atoms with Gasteiger partial charge in [-0.25, -0.2) is 0 Å². The maximum Gasteiger partial charge on any atom is 0.311 e. The summed E-state index contributed by atoms with van der Waals surface area (Å²) in [5.41, 5.74) is 1.00. The number of benzene rings is 1. The van der Waals surface area contributed by atoms with Crippen LogP contribution in [0.4, 0.5) is 5.69 Å². The molecule has 0 radical (unpaired) electrons. The zero-order valence-corrected chi connectivity index (χ0v) is 12.6. The summed E-state index contributed by atoms with van der Waals surface area (Å²) in [5.74, 6) is 0.408. The summed E-state index contributed by atoms with van der Waals surface area (Å²) in [6.45, 7) is 3.66. The third-order valence-electron chi connectivity index (χ3n) is 3.82. The zero-order chi connectivity index (χ0) is 15.1. The van der Waals surface area contributed by atoms with Gasteiger partial charge in [-0.05, 0) is 50.3 Å². The lowest BCUT2D eigenvalue weighted by molar-refractivity contribution is -0.386. The molecule has 0 unspecified atom stereocenters. The molecule has 1 N–H and O–H groups in total. The number of hydrogen-bond acceptors (Lipinski definition) is 4. The third-order valence-corrected chi connectivity index (χ3v) is 3.82. The van der Waals surface area contributed by atoms with Crippen LogP contribution in [-0.2, 0) is 6.54 Å². The van der Waals surface area contributed by atoms with E-state index in [0.29, 0.717) is 12.3 Å². The normalized spacial score (nSPS) is 15.9. The van der Waals surface area contributed by atoms with Crippen LogP contribution in [0, 0.1) is 10.1 Å². The fourth-order valence-corrected chi connectivity index (χ4v) is 2.69. The van der Waals surface area contributed by atoms with Gasteiger partial charge in [0.15, 0.2) is 5.75 Å². The van der Waals surface area contributed by atoms with E-state index < -0.39 is 0 Å². The molecule has 0 heterocycles. The van der Waals surface area contributed by atoms with Crippen molar-refractivity contribution in [3.05, 3.63) is 33.9 Å². The Labute approximate surface area is 125 Å². The molecule has 1 aromatic rings. The molecule has 1 fully saturated rings. The summed E-state index contributed by atoms with van der Waals surface area (Å²) in [5, 5.41) is 14.5. The Morgan fingerprint density at radius 3 is 2.76 bits per heavy atom. The average molecular weight is 292 g/mol. The van der Waals surface area contributed by atoms with E-state index in [9.17, 15) is 10.1 Å².